The minimum Gasteiger partial charge on any atom is -0.371 e. The average molecular weight is 320 g/mol. The molecule has 1 aliphatic heterocycles. The highest BCUT2D eigenvalue weighted by Gasteiger charge is 2.29. The molecule has 1 aromatic heterocycles. The molecule has 0 saturated carbocycles. The lowest BCUT2D eigenvalue weighted by Gasteiger charge is -2.35. The number of morpholine rings is 1. The van der Waals surface area contributed by atoms with Gasteiger partial charge in [-0.15, -0.1) is 0 Å². The molecule has 5 heteroatoms. The van der Waals surface area contributed by atoms with Crippen LogP contribution in [-0.4, -0.2) is 24.2 Å². The van der Waals surface area contributed by atoms with Gasteiger partial charge in [0.15, 0.2) is 0 Å². The molecule has 0 unspecified atom stereocenters. The first-order valence-electron chi connectivity index (χ1n) is 5.76. The first-order valence-corrected chi connectivity index (χ1v) is 6.93. The van der Waals surface area contributed by atoms with Crippen LogP contribution in [0.4, 0.5) is 0 Å². The molecule has 1 fully saturated rings. The third-order valence-electron chi connectivity index (χ3n) is 2.94. The molecule has 1 saturated heterocycles. The van der Waals surface area contributed by atoms with Crippen molar-refractivity contribution in [3.63, 3.8) is 0 Å². The zero-order chi connectivity index (χ0) is 12.4. The first kappa shape index (κ1) is 13.3. The van der Waals surface area contributed by atoms with Gasteiger partial charge in [-0.25, -0.2) is 4.98 Å². The fourth-order valence-electron chi connectivity index (χ4n) is 2.16. The molecule has 2 heterocycles. The Balaban J connectivity index is 2.29. The predicted molar refractivity (Wildman–Crippen MR) is 72.3 cm³/mol. The Morgan fingerprint density at radius 3 is 2.94 bits per heavy atom. The van der Waals surface area contributed by atoms with Crippen LogP contribution in [-0.2, 0) is 4.74 Å². The Hall–Kier alpha value is -0.160. The van der Waals surface area contributed by atoms with Crippen LogP contribution in [0.5, 0.6) is 0 Å². The molecule has 0 aliphatic carbocycles. The molecule has 3 nitrogen and oxygen atoms in total. The maximum absolute atomic E-state index is 5.98. The van der Waals surface area contributed by atoms with E-state index in [4.69, 9.17) is 16.3 Å². The van der Waals surface area contributed by atoms with E-state index in [1.807, 2.05) is 12.1 Å². The van der Waals surface area contributed by atoms with Gasteiger partial charge in [0.25, 0.3) is 0 Å². The highest BCUT2D eigenvalue weighted by Crippen LogP contribution is 2.30. The monoisotopic (exact) mass is 318 g/mol. The van der Waals surface area contributed by atoms with E-state index in [1.54, 1.807) is 0 Å². The summed E-state index contributed by atoms with van der Waals surface area (Å²) in [5.41, 5.74) is 1.07. The third kappa shape index (κ3) is 3.19. The van der Waals surface area contributed by atoms with E-state index < -0.39 is 0 Å². The Labute approximate surface area is 115 Å². The number of nitrogens with zero attached hydrogens (tertiary/aromatic N) is 1. The molecule has 1 aromatic rings. The maximum atomic E-state index is 5.98. The van der Waals surface area contributed by atoms with Gasteiger partial charge in [-0.05, 0) is 39.5 Å². The number of hydrogen-bond donors (Lipinski definition) is 1. The standard InChI is InChI=1S/C12H16BrClN2O/c1-7(2)11-12(17-4-3-15-11)8-5-9(13)16-10(14)6-8/h5-7,11-12,15H,3-4H2,1-2H3/t11-,12-/m0/s1. The van der Waals surface area contributed by atoms with Crippen LogP contribution >= 0.6 is 27.5 Å². The molecular formula is C12H16BrClN2O. The van der Waals surface area contributed by atoms with Crippen LogP contribution < -0.4 is 5.32 Å². The van der Waals surface area contributed by atoms with Crippen LogP contribution in [0.3, 0.4) is 0 Å². The van der Waals surface area contributed by atoms with Gasteiger partial charge >= 0.3 is 0 Å². The number of rotatable bonds is 2. The minimum atomic E-state index is 0.0422. The highest BCUT2D eigenvalue weighted by molar-refractivity contribution is 9.10. The SMILES string of the molecule is CC(C)[C@@H]1NCCO[C@H]1c1cc(Cl)nc(Br)c1. The van der Waals surface area contributed by atoms with E-state index >= 15 is 0 Å². The molecule has 0 bridgehead atoms. The van der Waals surface area contributed by atoms with Crippen molar-refractivity contribution in [1.29, 1.82) is 0 Å². The van der Waals surface area contributed by atoms with Crippen LogP contribution in [0.15, 0.2) is 16.7 Å². The second-order valence-electron chi connectivity index (χ2n) is 4.56. The van der Waals surface area contributed by atoms with Gasteiger partial charge in [-0.3, -0.25) is 0 Å². The number of pyridine rings is 1. The molecule has 0 spiro atoms. The summed E-state index contributed by atoms with van der Waals surface area (Å²) in [7, 11) is 0. The Morgan fingerprint density at radius 1 is 1.53 bits per heavy atom. The average Bonchev–Trinajstić information content (AvgIpc) is 2.27. The summed E-state index contributed by atoms with van der Waals surface area (Å²) in [6.45, 7) is 6.01. The summed E-state index contributed by atoms with van der Waals surface area (Å²) in [4.78, 5) is 4.11. The van der Waals surface area contributed by atoms with Gasteiger partial charge in [0.2, 0.25) is 0 Å². The quantitative estimate of drug-likeness (QED) is 0.850. The topological polar surface area (TPSA) is 34.1 Å². The fraction of sp³-hybridized carbons (Fsp3) is 0.583. The van der Waals surface area contributed by atoms with Gasteiger partial charge in [-0.1, -0.05) is 25.4 Å². The largest absolute Gasteiger partial charge is 0.371 e. The maximum Gasteiger partial charge on any atom is 0.130 e. The molecular weight excluding hydrogens is 304 g/mol. The number of nitrogens with one attached hydrogen (secondary N) is 1. The second-order valence-corrected chi connectivity index (χ2v) is 5.76. The predicted octanol–water partition coefficient (Wildman–Crippen LogP) is 3.18. The lowest BCUT2D eigenvalue weighted by molar-refractivity contribution is -0.0185. The number of ether oxygens (including phenoxy) is 1. The summed E-state index contributed by atoms with van der Waals surface area (Å²) in [6.07, 6.45) is 0.0422. The molecule has 1 N–H and O–H groups in total. The van der Waals surface area contributed by atoms with Crippen molar-refractivity contribution in [2.24, 2.45) is 5.92 Å². The van der Waals surface area contributed by atoms with Crippen LogP contribution in [0.1, 0.15) is 25.5 Å². The molecule has 0 radical (unpaired) electrons. The van der Waals surface area contributed by atoms with Crippen molar-refractivity contribution in [1.82, 2.24) is 10.3 Å². The number of hydrogen-bond acceptors (Lipinski definition) is 3. The second kappa shape index (κ2) is 5.65. The van der Waals surface area contributed by atoms with E-state index in [1.165, 1.54) is 0 Å². The number of halogens is 2. The fourth-order valence-corrected chi connectivity index (χ4v) is 2.93. The van der Waals surface area contributed by atoms with Gasteiger partial charge in [0.05, 0.1) is 12.7 Å². The molecule has 2 atom stereocenters. The highest BCUT2D eigenvalue weighted by atomic mass is 79.9. The Bertz CT molecular complexity index is 380. The summed E-state index contributed by atoms with van der Waals surface area (Å²) in [5, 5.41) is 3.99. The van der Waals surface area contributed by atoms with Crippen LogP contribution in [0, 0.1) is 5.92 Å². The van der Waals surface area contributed by atoms with Crippen molar-refractivity contribution >= 4 is 27.5 Å². The van der Waals surface area contributed by atoms with E-state index in [-0.39, 0.29) is 6.10 Å². The van der Waals surface area contributed by atoms with Gasteiger partial charge in [-0.2, -0.15) is 0 Å². The minimum absolute atomic E-state index is 0.0422. The van der Waals surface area contributed by atoms with Gasteiger partial charge in [0, 0.05) is 12.6 Å². The van der Waals surface area contributed by atoms with Crippen LogP contribution in [0.2, 0.25) is 5.15 Å². The summed E-state index contributed by atoms with van der Waals surface area (Å²) in [5.74, 6) is 0.506. The molecule has 1 aliphatic rings. The molecule has 2 rings (SSSR count). The van der Waals surface area contributed by atoms with Crippen molar-refractivity contribution in [3.8, 4) is 0 Å². The Morgan fingerprint density at radius 2 is 2.29 bits per heavy atom. The van der Waals surface area contributed by atoms with Crippen molar-refractivity contribution in [3.05, 3.63) is 27.5 Å². The molecule has 17 heavy (non-hydrogen) atoms. The van der Waals surface area contributed by atoms with Crippen molar-refractivity contribution in [2.75, 3.05) is 13.2 Å². The summed E-state index contributed by atoms with van der Waals surface area (Å²) < 4.78 is 6.63. The lowest BCUT2D eigenvalue weighted by atomic mass is 9.93. The van der Waals surface area contributed by atoms with Gasteiger partial charge < -0.3 is 10.1 Å². The summed E-state index contributed by atoms with van der Waals surface area (Å²) in [6, 6.07) is 4.16. The molecule has 0 amide bonds. The van der Waals surface area contributed by atoms with Gasteiger partial charge in [0.1, 0.15) is 9.76 Å². The van der Waals surface area contributed by atoms with Crippen molar-refractivity contribution in [2.45, 2.75) is 26.0 Å². The van der Waals surface area contributed by atoms with E-state index in [9.17, 15) is 0 Å². The Kier molecular flexibility index (Phi) is 4.42. The van der Waals surface area contributed by atoms with E-state index in [0.29, 0.717) is 17.1 Å². The smallest absolute Gasteiger partial charge is 0.130 e. The number of aromatic nitrogens is 1. The zero-order valence-electron chi connectivity index (χ0n) is 9.91. The zero-order valence-corrected chi connectivity index (χ0v) is 12.3. The normalized spacial score (nSPS) is 25.2. The first-order chi connectivity index (χ1) is 8.08. The molecule has 94 valence electrons. The van der Waals surface area contributed by atoms with Crippen molar-refractivity contribution < 1.29 is 4.74 Å². The molecule has 0 aromatic carbocycles. The lowest BCUT2D eigenvalue weighted by Crippen LogP contribution is -2.46. The van der Waals surface area contributed by atoms with Crippen LogP contribution in [0.25, 0.3) is 0 Å². The van der Waals surface area contributed by atoms with E-state index in [2.05, 4.69) is 40.1 Å². The summed E-state index contributed by atoms with van der Waals surface area (Å²) >= 11 is 9.34. The third-order valence-corrected chi connectivity index (χ3v) is 3.54. The van der Waals surface area contributed by atoms with E-state index in [0.717, 1.165) is 23.3 Å².